The van der Waals surface area contributed by atoms with Crippen LogP contribution in [-0.4, -0.2) is 91.6 Å². The number of hydrogen-bond donors (Lipinski definition) is 0. The number of carbonyl (C=O) groups is 6. The zero-order valence-corrected chi connectivity index (χ0v) is 49.3. The minimum absolute atomic E-state index is 0.0231. The molecule has 4 aromatic carbocycles. The van der Waals surface area contributed by atoms with E-state index in [4.69, 9.17) is 28.4 Å². The molecule has 0 radical (unpaired) electrons. The van der Waals surface area contributed by atoms with Gasteiger partial charge in [0, 0.05) is 25.9 Å². The van der Waals surface area contributed by atoms with Crippen LogP contribution in [0, 0.1) is 51.4 Å². The van der Waals surface area contributed by atoms with Gasteiger partial charge in [0.1, 0.15) is 31.5 Å². The monoisotopic (exact) mass is 1090 g/mol. The summed E-state index contributed by atoms with van der Waals surface area (Å²) < 4.78 is 34.7. The maximum Gasteiger partial charge on any atom is 0.410 e. The van der Waals surface area contributed by atoms with E-state index in [1.807, 2.05) is 76.2 Å². The average molecular weight is 1090 g/mol. The average Bonchev–Trinajstić information content (AvgIpc) is 3.41. The van der Waals surface area contributed by atoms with Crippen molar-refractivity contribution in [2.45, 2.75) is 177 Å². The molecule has 79 heavy (non-hydrogen) atoms. The first-order chi connectivity index (χ1) is 37.5. The number of hydrogen-bond acceptors (Lipinski definition) is 12. The summed E-state index contributed by atoms with van der Waals surface area (Å²) in [5.41, 5.74) is 8.43. The molecule has 0 N–H and O–H groups in total. The van der Waals surface area contributed by atoms with Crippen molar-refractivity contribution in [3.05, 3.63) is 142 Å². The van der Waals surface area contributed by atoms with E-state index in [1.54, 1.807) is 34.6 Å². The molecule has 5 atom stereocenters. The van der Waals surface area contributed by atoms with Crippen molar-refractivity contribution in [3.8, 4) is 0 Å². The Morgan fingerprint density at radius 3 is 1.08 bits per heavy atom. The van der Waals surface area contributed by atoms with E-state index in [1.165, 1.54) is 21.6 Å². The fourth-order valence-electron chi connectivity index (χ4n) is 8.66. The predicted octanol–water partition coefficient (Wildman–Crippen LogP) is 12.9. The van der Waals surface area contributed by atoms with Gasteiger partial charge in [0.2, 0.25) is 0 Å². The number of amides is 1. The molecule has 0 aliphatic heterocycles. The Labute approximate surface area is 471 Å². The predicted molar refractivity (Wildman–Crippen MR) is 308 cm³/mol. The molecule has 0 bridgehead atoms. The van der Waals surface area contributed by atoms with Crippen molar-refractivity contribution in [2.24, 2.45) is 23.7 Å². The van der Waals surface area contributed by atoms with E-state index >= 15 is 0 Å². The Morgan fingerprint density at radius 2 is 0.747 bits per heavy atom. The highest BCUT2D eigenvalue weighted by atomic mass is 16.6. The van der Waals surface area contributed by atoms with Crippen LogP contribution in [0.5, 0.6) is 0 Å². The van der Waals surface area contributed by atoms with Gasteiger partial charge in [-0.2, -0.15) is 0 Å². The van der Waals surface area contributed by atoms with Gasteiger partial charge in [-0.1, -0.05) is 147 Å². The Kier molecular flexibility index (Phi) is 27.8. The van der Waals surface area contributed by atoms with Gasteiger partial charge < -0.3 is 33.3 Å². The maximum atomic E-state index is 13.5. The SMILES string of the molecule is Cc1ccc(CCC(C)CC(COC(=O)C(C)CCc2ccc(C)cc2)OC(=O)CCCN(CCCC(=O)OC(COC(=O)C(C)CCc2ccc(C)cc2)COC(=O)C(C)CCc2ccc(C)cc2)C(=O)OC(C)(C)C)cc1. The van der Waals surface area contributed by atoms with Gasteiger partial charge in [-0.05, 0) is 147 Å². The lowest BCUT2D eigenvalue weighted by molar-refractivity contribution is -0.169. The smallest absolute Gasteiger partial charge is 0.410 e. The first-order valence-electron chi connectivity index (χ1n) is 28.6. The zero-order chi connectivity index (χ0) is 57.9. The van der Waals surface area contributed by atoms with Crippen LogP contribution >= 0.6 is 0 Å². The van der Waals surface area contributed by atoms with E-state index in [0.717, 1.165) is 47.1 Å². The number of carbonyl (C=O) groups excluding carboxylic acids is 6. The van der Waals surface area contributed by atoms with E-state index < -0.39 is 59.6 Å². The van der Waals surface area contributed by atoms with E-state index in [-0.39, 0.29) is 76.4 Å². The molecule has 0 aliphatic carbocycles. The first-order valence-corrected chi connectivity index (χ1v) is 28.6. The summed E-state index contributed by atoms with van der Waals surface area (Å²) in [7, 11) is 0. The number of esters is 5. The Morgan fingerprint density at radius 1 is 0.443 bits per heavy atom. The zero-order valence-electron chi connectivity index (χ0n) is 49.3. The molecule has 5 unspecified atom stereocenters. The molecule has 4 rings (SSSR count). The molecule has 0 aromatic heterocycles. The van der Waals surface area contributed by atoms with Crippen LogP contribution < -0.4 is 0 Å². The summed E-state index contributed by atoms with van der Waals surface area (Å²) in [6.07, 6.45) is 3.94. The second-order valence-electron chi connectivity index (χ2n) is 22.9. The van der Waals surface area contributed by atoms with Crippen LogP contribution in [0.3, 0.4) is 0 Å². The third-order valence-corrected chi connectivity index (χ3v) is 14.0. The molecule has 432 valence electrons. The second-order valence-corrected chi connectivity index (χ2v) is 22.9. The Bertz CT molecular complexity index is 2410. The standard InChI is InChI=1S/C66H91NO12/c1-46-16-28-54(29-17-46)36-24-50(5)42-58(43-74-62(70)51(6)25-37-55-30-18-47(2)19-31-55)77-60(68)14-12-40-67(65(73)79-66(9,10)11)41-13-15-61(69)78-59(44-75-63(71)52(7)26-38-56-32-20-48(3)21-33-56)45-76-64(72)53(8)27-39-57-34-22-49(4)23-35-57/h16-23,28-35,50-53,58-59H,12-15,24-27,36-45H2,1-11H3. The van der Waals surface area contributed by atoms with Crippen molar-refractivity contribution < 1.29 is 57.2 Å². The highest BCUT2D eigenvalue weighted by Gasteiger charge is 2.27. The number of aryl methyl sites for hydroxylation is 8. The highest BCUT2D eigenvalue weighted by molar-refractivity contribution is 5.74. The van der Waals surface area contributed by atoms with Gasteiger partial charge >= 0.3 is 35.9 Å². The molecule has 0 spiro atoms. The lowest BCUT2D eigenvalue weighted by atomic mass is 9.95. The first kappa shape index (κ1) is 65.0. The summed E-state index contributed by atoms with van der Waals surface area (Å²) in [6.45, 7) is 20.5. The number of nitrogens with zero attached hydrogens (tertiary/aromatic N) is 1. The lowest BCUT2D eigenvalue weighted by Gasteiger charge is -2.27. The van der Waals surface area contributed by atoms with Crippen molar-refractivity contribution in [1.29, 1.82) is 0 Å². The fourth-order valence-corrected chi connectivity index (χ4v) is 8.66. The van der Waals surface area contributed by atoms with Crippen LogP contribution in [-0.2, 0) is 78.1 Å². The molecular weight excluding hydrogens is 999 g/mol. The third-order valence-electron chi connectivity index (χ3n) is 14.0. The Hall–Kier alpha value is -6.50. The van der Waals surface area contributed by atoms with Crippen LogP contribution in [0.2, 0.25) is 0 Å². The number of benzene rings is 4. The fraction of sp³-hybridized carbons (Fsp3) is 0.545. The Balaban J connectivity index is 1.34. The largest absolute Gasteiger partial charge is 0.462 e. The topological polar surface area (TPSA) is 161 Å². The molecule has 0 heterocycles. The summed E-state index contributed by atoms with van der Waals surface area (Å²) in [5, 5.41) is 0. The molecule has 4 aromatic rings. The van der Waals surface area contributed by atoms with Crippen molar-refractivity contribution in [1.82, 2.24) is 4.90 Å². The van der Waals surface area contributed by atoms with Gasteiger partial charge in [-0.3, -0.25) is 24.0 Å². The summed E-state index contributed by atoms with van der Waals surface area (Å²) >= 11 is 0. The molecule has 0 saturated heterocycles. The molecule has 13 nitrogen and oxygen atoms in total. The molecule has 0 saturated carbocycles. The summed E-state index contributed by atoms with van der Waals surface area (Å²) in [4.78, 5) is 81.6. The summed E-state index contributed by atoms with van der Waals surface area (Å²) in [5.74, 6) is -3.46. The quantitative estimate of drug-likeness (QED) is 0.0328. The highest BCUT2D eigenvalue weighted by Crippen LogP contribution is 2.21. The second kappa shape index (κ2) is 33.8. The van der Waals surface area contributed by atoms with Crippen LogP contribution in [0.25, 0.3) is 0 Å². The molecule has 0 fully saturated rings. The van der Waals surface area contributed by atoms with Gasteiger partial charge in [0.05, 0.1) is 17.8 Å². The van der Waals surface area contributed by atoms with Crippen LogP contribution in [0.15, 0.2) is 97.1 Å². The molecule has 1 amide bonds. The van der Waals surface area contributed by atoms with E-state index in [2.05, 4.69) is 62.4 Å². The minimum atomic E-state index is -1.07. The molecule has 0 aliphatic rings. The van der Waals surface area contributed by atoms with Crippen LogP contribution in [0.1, 0.15) is 151 Å². The van der Waals surface area contributed by atoms with E-state index in [0.29, 0.717) is 38.5 Å². The lowest BCUT2D eigenvalue weighted by Crippen LogP contribution is -2.38. The molecule has 13 heteroatoms. The minimum Gasteiger partial charge on any atom is -0.462 e. The van der Waals surface area contributed by atoms with Gasteiger partial charge in [-0.25, -0.2) is 4.79 Å². The van der Waals surface area contributed by atoms with E-state index in [9.17, 15) is 28.8 Å². The summed E-state index contributed by atoms with van der Waals surface area (Å²) in [6, 6.07) is 32.9. The van der Waals surface area contributed by atoms with Crippen molar-refractivity contribution in [2.75, 3.05) is 32.9 Å². The normalized spacial score (nSPS) is 13.7. The van der Waals surface area contributed by atoms with Crippen molar-refractivity contribution in [3.63, 3.8) is 0 Å². The number of rotatable bonds is 33. The maximum absolute atomic E-state index is 13.5. The van der Waals surface area contributed by atoms with Crippen molar-refractivity contribution >= 4 is 35.9 Å². The van der Waals surface area contributed by atoms with Gasteiger partial charge in [0.25, 0.3) is 0 Å². The third kappa shape index (κ3) is 26.8. The van der Waals surface area contributed by atoms with Crippen LogP contribution in [0.4, 0.5) is 4.79 Å². The number of ether oxygens (including phenoxy) is 6. The van der Waals surface area contributed by atoms with Gasteiger partial charge in [-0.15, -0.1) is 0 Å². The molecular formula is C66H91NO12. The van der Waals surface area contributed by atoms with Gasteiger partial charge in [0.15, 0.2) is 6.10 Å².